The molecule has 9 heavy (non-hydrogen) atoms. The van der Waals surface area contributed by atoms with Crippen LogP contribution in [0.4, 0.5) is 0 Å². The van der Waals surface area contributed by atoms with Gasteiger partial charge in [0.05, 0.1) is 41.6 Å². The fraction of sp³-hybridized carbons (Fsp3) is 1.00. The van der Waals surface area contributed by atoms with E-state index < -0.39 is 8.40 Å². The van der Waals surface area contributed by atoms with Gasteiger partial charge in [-0.15, -0.1) is 0 Å². The highest BCUT2D eigenvalue weighted by Crippen LogP contribution is 2.04. The van der Waals surface area contributed by atoms with Crippen LogP contribution in [0.15, 0.2) is 0 Å². The van der Waals surface area contributed by atoms with Gasteiger partial charge in [-0.25, -0.2) is 0 Å². The van der Waals surface area contributed by atoms with Crippen molar-refractivity contribution in [3.8, 4) is 0 Å². The van der Waals surface area contributed by atoms with E-state index in [9.17, 15) is 0 Å². The average molecular weight is 211 g/mol. The molecule has 0 aromatic carbocycles. The maximum atomic E-state index is 2.67. The molecule has 0 saturated heterocycles. The van der Waals surface area contributed by atoms with Crippen molar-refractivity contribution in [1.29, 1.82) is 0 Å². The van der Waals surface area contributed by atoms with Crippen LogP contribution < -0.4 is 0 Å². The summed E-state index contributed by atoms with van der Waals surface area (Å²) < 4.78 is 5.35. The molecule has 0 aliphatic rings. The average Bonchev–Trinajstić information content (AvgIpc) is 1.65. The Labute approximate surface area is 71.2 Å². The molecule has 0 fully saturated rings. The second kappa shape index (κ2) is 3.41. The Hall–Kier alpha value is 1.00. The number of rotatable bonds is 2. The first-order chi connectivity index (χ1) is 3.89. The monoisotopic (exact) mass is 210 g/mol. The van der Waals surface area contributed by atoms with Crippen LogP contribution in [0.1, 0.15) is 0 Å². The Morgan fingerprint density at radius 3 is 1.11 bits per heavy atom. The van der Waals surface area contributed by atoms with Gasteiger partial charge < -0.3 is 7.79 Å². The molecule has 0 spiro atoms. The minimum atomic E-state index is -0.944. The molecule has 0 amide bonds. The summed E-state index contributed by atoms with van der Waals surface area (Å²) in [4.78, 5) is 0. The molecule has 0 bridgehead atoms. The summed E-state index contributed by atoms with van der Waals surface area (Å²) >= 11 is 0. The minimum absolute atomic E-state index is 0.944. The van der Waals surface area contributed by atoms with Crippen LogP contribution in [-0.2, 0) is 0 Å². The molecule has 0 aromatic heterocycles. The van der Waals surface area contributed by atoms with Gasteiger partial charge in [0.25, 0.3) is 0 Å². The first-order valence-electron chi connectivity index (χ1n) is 3.24. The van der Waals surface area contributed by atoms with Gasteiger partial charge in [-0.1, -0.05) is 0 Å². The van der Waals surface area contributed by atoms with Gasteiger partial charge in [-0.05, 0) is 13.1 Å². The molecule has 0 aliphatic heterocycles. The molecule has 0 aromatic rings. The molecule has 0 N–H and O–H groups in total. The summed E-state index contributed by atoms with van der Waals surface area (Å²) in [5, 5.41) is 0. The summed E-state index contributed by atoms with van der Waals surface area (Å²) in [6.45, 7) is 4.93. The van der Waals surface area contributed by atoms with E-state index in [4.69, 9.17) is 0 Å². The van der Waals surface area contributed by atoms with Crippen LogP contribution in [0.2, 0.25) is 13.1 Å². The molecule has 0 heterocycles. The van der Waals surface area contributed by atoms with Gasteiger partial charge in [-0.2, -0.15) is 0 Å². The topological polar surface area (TPSA) is 6.48 Å². The third-order valence-electron chi connectivity index (χ3n) is 2.19. The lowest BCUT2D eigenvalue weighted by Gasteiger charge is -2.37. The summed E-state index contributed by atoms with van der Waals surface area (Å²) in [6.07, 6.45) is 0. The molecular weight excluding hydrogens is 192 g/mol. The standard InChI is InChI=1S/C2H18N2Si5/c1-9(2,3(5)6)4(7)8/h1-2,5-8H3. The van der Waals surface area contributed by atoms with E-state index in [0.29, 0.717) is 0 Å². The normalized spacial score (nSPS) is 14.7. The molecule has 0 aliphatic carbocycles. The van der Waals surface area contributed by atoms with Crippen molar-refractivity contribution in [2.75, 3.05) is 0 Å². The van der Waals surface area contributed by atoms with E-state index in [1.54, 1.807) is 0 Å². The smallest absolute Gasteiger partial charge is 0.171 e. The zero-order chi connectivity index (χ0) is 7.65. The molecular formula is C2H18N2Si5. The van der Waals surface area contributed by atoms with E-state index in [-0.39, 0.29) is 0 Å². The molecule has 0 rings (SSSR count). The molecule has 0 atom stereocenters. The van der Waals surface area contributed by atoms with E-state index in [1.807, 2.05) is 0 Å². The maximum Gasteiger partial charge on any atom is 0.171 e. The molecule has 56 valence electrons. The minimum Gasteiger partial charge on any atom is -0.372 e. The zero-order valence-electron chi connectivity index (χ0n) is 7.39. The van der Waals surface area contributed by atoms with Gasteiger partial charge in [0.2, 0.25) is 0 Å². The van der Waals surface area contributed by atoms with E-state index >= 15 is 0 Å². The summed E-state index contributed by atoms with van der Waals surface area (Å²) in [5.74, 6) is 0. The largest absolute Gasteiger partial charge is 0.372 e. The van der Waals surface area contributed by atoms with Crippen LogP contribution in [0, 0.1) is 0 Å². The lowest BCUT2D eigenvalue weighted by atomic mass is 11.9. The number of hydrogen-bond acceptors (Lipinski definition) is 2. The van der Waals surface area contributed by atoms with E-state index in [2.05, 4.69) is 20.9 Å². The molecule has 0 saturated carbocycles. The van der Waals surface area contributed by atoms with Crippen molar-refractivity contribution in [2.24, 2.45) is 0 Å². The third-order valence-corrected chi connectivity index (χ3v) is 19.7. The predicted molar refractivity (Wildman–Crippen MR) is 60.9 cm³/mol. The quantitative estimate of drug-likeness (QED) is 0.424. The van der Waals surface area contributed by atoms with Crippen molar-refractivity contribution >= 4 is 50.0 Å². The molecule has 7 heteroatoms. The summed E-state index contributed by atoms with van der Waals surface area (Å²) in [7, 11) is 4.19. The SMILES string of the molecule is C[Si](C)(N([SiH3])[SiH3])N([SiH3])[SiH3]. The lowest BCUT2D eigenvalue weighted by Crippen LogP contribution is -2.58. The first-order valence-corrected chi connectivity index (χ1v) is 9.71. The lowest BCUT2D eigenvalue weighted by molar-refractivity contribution is 0.895. The van der Waals surface area contributed by atoms with E-state index in [0.717, 1.165) is 0 Å². The van der Waals surface area contributed by atoms with Gasteiger partial charge in [-0.3, -0.25) is 0 Å². The Morgan fingerprint density at radius 1 is 0.889 bits per heavy atom. The highest BCUT2D eigenvalue weighted by Gasteiger charge is 2.24. The fourth-order valence-electron chi connectivity index (χ4n) is 0.400. The Morgan fingerprint density at radius 2 is 1.11 bits per heavy atom. The molecule has 2 nitrogen and oxygen atoms in total. The number of nitrogens with zero attached hydrogens (tertiary/aromatic N) is 2. The van der Waals surface area contributed by atoms with E-state index in [1.165, 1.54) is 41.6 Å². The number of hydrogen-bond donors (Lipinski definition) is 0. The Bertz CT molecular complexity index is 81.0. The second-order valence-electron chi connectivity index (χ2n) is 3.28. The van der Waals surface area contributed by atoms with Gasteiger partial charge in [0, 0.05) is 0 Å². The Kier molecular flexibility index (Phi) is 3.79. The van der Waals surface area contributed by atoms with Crippen LogP contribution in [0.5, 0.6) is 0 Å². The second-order valence-corrected chi connectivity index (χ2v) is 20.6. The van der Waals surface area contributed by atoms with Crippen LogP contribution >= 0.6 is 0 Å². The fourth-order valence-corrected chi connectivity index (χ4v) is 10.8. The Balaban J connectivity index is 4.01. The van der Waals surface area contributed by atoms with Crippen LogP contribution in [0.3, 0.4) is 0 Å². The molecule has 0 unspecified atom stereocenters. The maximum absolute atomic E-state index is 2.67. The van der Waals surface area contributed by atoms with Crippen molar-refractivity contribution in [3.05, 3.63) is 0 Å². The van der Waals surface area contributed by atoms with Gasteiger partial charge in [0.1, 0.15) is 0 Å². The van der Waals surface area contributed by atoms with Crippen molar-refractivity contribution in [2.45, 2.75) is 13.1 Å². The van der Waals surface area contributed by atoms with Crippen LogP contribution in [-0.4, -0.2) is 57.8 Å². The van der Waals surface area contributed by atoms with Gasteiger partial charge >= 0.3 is 0 Å². The summed E-state index contributed by atoms with van der Waals surface area (Å²) in [5.41, 5.74) is 0. The zero-order valence-corrected chi connectivity index (χ0v) is 16.4. The van der Waals surface area contributed by atoms with Crippen molar-refractivity contribution in [3.63, 3.8) is 0 Å². The first kappa shape index (κ1) is 10.0. The van der Waals surface area contributed by atoms with Crippen molar-refractivity contribution in [1.82, 2.24) is 7.79 Å². The van der Waals surface area contributed by atoms with Gasteiger partial charge in [0.15, 0.2) is 8.40 Å². The third kappa shape index (κ3) is 2.61. The predicted octanol–water partition coefficient (Wildman–Crippen LogP) is -4.59. The molecule has 0 radical (unpaired) electrons. The highest BCUT2D eigenvalue weighted by atomic mass is 28.4. The van der Waals surface area contributed by atoms with Crippen LogP contribution in [0.25, 0.3) is 0 Å². The summed E-state index contributed by atoms with van der Waals surface area (Å²) in [6, 6.07) is 0. The van der Waals surface area contributed by atoms with Crippen molar-refractivity contribution < 1.29 is 0 Å². The highest BCUT2D eigenvalue weighted by molar-refractivity contribution is 6.86.